The molecule has 3 rings (SSSR count). The van der Waals surface area contributed by atoms with Crippen LogP contribution in [-0.2, 0) is 0 Å². The summed E-state index contributed by atoms with van der Waals surface area (Å²) in [6, 6.07) is 11.1. The van der Waals surface area contributed by atoms with Crippen LogP contribution in [0.1, 0.15) is 21.5 Å². The lowest BCUT2D eigenvalue weighted by molar-refractivity contribution is 0.0762. The molecule has 1 aromatic carbocycles. The lowest BCUT2D eigenvalue weighted by Crippen LogP contribution is -2.36. The summed E-state index contributed by atoms with van der Waals surface area (Å²) in [6.07, 6.45) is -0.395. The fraction of sp³-hybridized carbons (Fsp3) is 0.0833. The predicted molar refractivity (Wildman–Crippen MR) is 69.3 cm³/mol. The lowest BCUT2D eigenvalue weighted by atomic mass is 10.1. The first kappa shape index (κ1) is 10.8. The largest absolute Gasteiger partial charge is 0.465 e. The number of fused-ring (bicyclic) bond motifs is 1. The summed E-state index contributed by atoms with van der Waals surface area (Å²) in [5, 5.41) is 2.83. The Balaban J connectivity index is 1.96. The molecule has 1 aliphatic heterocycles. The number of ether oxygens (including phenoxy) is 1. The van der Waals surface area contributed by atoms with Crippen molar-refractivity contribution < 1.29 is 9.53 Å². The maximum Gasteiger partial charge on any atom is 0.258 e. The van der Waals surface area contributed by atoms with Gasteiger partial charge in [0, 0.05) is 0 Å². The van der Waals surface area contributed by atoms with E-state index >= 15 is 0 Å². The van der Waals surface area contributed by atoms with Crippen molar-refractivity contribution >= 4 is 33.2 Å². The van der Waals surface area contributed by atoms with Gasteiger partial charge in [-0.2, -0.15) is 0 Å². The Kier molecular flexibility index (Phi) is 2.64. The molecule has 0 fully saturated rings. The second-order valence-electron chi connectivity index (χ2n) is 3.61. The number of para-hydroxylation sites is 1. The molecule has 5 heteroatoms. The Labute approximate surface area is 111 Å². The van der Waals surface area contributed by atoms with E-state index in [9.17, 15) is 4.79 Å². The Bertz CT molecular complexity index is 581. The lowest BCUT2D eigenvalue weighted by Gasteiger charge is -2.25. The number of benzene rings is 1. The molecule has 2 heterocycles. The van der Waals surface area contributed by atoms with Crippen molar-refractivity contribution in [2.75, 3.05) is 0 Å². The van der Waals surface area contributed by atoms with E-state index in [1.807, 2.05) is 30.3 Å². The Morgan fingerprint density at radius 1 is 1.24 bits per heavy atom. The number of halogens is 1. The first-order valence-corrected chi connectivity index (χ1v) is 6.67. The van der Waals surface area contributed by atoms with E-state index in [4.69, 9.17) is 4.74 Å². The third kappa shape index (κ3) is 1.96. The zero-order valence-corrected chi connectivity index (χ0v) is 11.0. The van der Waals surface area contributed by atoms with Gasteiger partial charge in [0.25, 0.3) is 5.91 Å². The molecule has 1 aliphatic rings. The number of carbonyl (C=O) groups is 1. The van der Waals surface area contributed by atoms with Crippen LogP contribution in [0.25, 0.3) is 0 Å². The average Bonchev–Trinajstić information content (AvgIpc) is 2.76. The Hall–Kier alpha value is -1.33. The number of thiophene rings is 1. The summed E-state index contributed by atoms with van der Waals surface area (Å²) in [7, 11) is 0. The van der Waals surface area contributed by atoms with Crippen molar-refractivity contribution in [1.82, 2.24) is 5.32 Å². The maximum absolute atomic E-state index is 11.9. The molecule has 0 unspecified atom stereocenters. The standard InChI is InChI=1S/C12H8BrNO2S/c13-10-6-5-9(17-10)12-14-11(15)7-3-1-2-4-8(7)16-12/h1-6,12H,(H,14,15)/t12-/m0/s1. The molecule has 0 aliphatic carbocycles. The minimum Gasteiger partial charge on any atom is -0.465 e. The number of hydrogen-bond acceptors (Lipinski definition) is 3. The maximum atomic E-state index is 11.9. The molecule has 3 nitrogen and oxygen atoms in total. The predicted octanol–water partition coefficient (Wildman–Crippen LogP) is 3.33. The van der Waals surface area contributed by atoms with Crippen LogP contribution in [0.5, 0.6) is 5.75 Å². The monoisotopic (exact) mass is 309 g/mol. The molecule has 86 valence electrons. The topological polar surface area (TPSA) is 38.3 Å². The summed E-state index contributed by atoms with van der Waals surface area (Å²) in [5.74, 6) is 0.534. The van der Waals surface area contributed by atoms with Gasteiger partial charge in [0.2, 0.25) is 6.23 Å². The summed E-state index contributed by atoms with van der Waals surface area (Å²) >= 11 is 4.94. The van der Waals surface area contributed by atoms with Crippen molar-refractivity contribution in [1.29, 1.82) is 0 Å². The van der Waals surface area contributed by atoms with Gasteiger partial charge in [-0.05, 0) is 40.2 Å². The molecule has 1 N–H and O–H groups in total. The second-order valence-corrected chi connectivity index (χ2v) is 6.10. The molecule has 0 bridgehead atoms. The third-order valence-electron chi connectivity index (χ3n) is 2.49. The molecule has 1 atom stereocenters. The molecular formula is C12H8BrNO2S. The molecule has 17 heavy (non-hydrogen) atoms. The number of carbonyl (C=O) groups excluding carboxylic acids is 1. The van der Waals surface area contributed by atoms with E-state index < -0.39 is 6.23 Å². The summed E-state index contributed by atoms with van der Waals surface area (Å²) in [6.45, 7) is 0. The molecule has 0 radical (unpaired) electrons. The highest BCUT2D eigenvalue weighted by molar-refractivity contribution is 9.11. The highest BCUT2D eigenvalue weighted by Gasteiger charge is 2.26. The van der Waals surface area contributed by atoms with Gasteiger partial charge in [0.15, 0.2) is 0 Å². The van der Waals surface area contributed by atoms with E-state index in [2.05, 4.69) is 21.2 Å². The number of amides is 1. The van der Waals surface area contributed by atoms with Crippen LogP contribution in [0, 0.1) is 0 Å². The minimum atomic E-state index is -0.395. The van der Waals surface area contributed by atoms with Crippen LogP contribution >= 0.6 is 27.3 Å². The zero-order valence-electron chi connectivity index (χ0n) is 8.64. The average molecular weight is 310 g/mol. The fourth-order valence-corrected chi connectivity index (χ4v) is 3.11. The van der Waals surface area contributed by atoms with Gasteiger partial charge >= 0.3 is 0 Å². The van der Waals surface area contributed by atoms with Gasteiger partial charge in [-0.25, -0.2) is 0 Å². The van der Waals surface area contributed by atoms with Crippen LogP contribution in [-0.4, -0.2) is 5.91 Å². The van der Waals surface area contributed by atoms with Gasteiger partial charge in [-0.3, -0.25) is 4.79 Å². The van der Waals surface area contributed by atoms with Crippen molar-refractivity contribution in [2.24, 2.45) is 0 Å². The number of nitrogens with one attached hydrogen (secondary N) is 1. The van der Waals surface area contributed by atoms with Gasteiger partial charge in [-0.15, -0.1) is 11.3 Å². The quantitative estimate of drug-likeness (QED) is 0.877. The number of hydrogen-bond donors (Lipinski definition) is 1. The zero-order chi connectivity index (χ0) is 11.8. The Morgan fingerprint density at radius 2 is 2.06 bits per heavy atom. The van der Waals surface area contributed by atoms with Crippen molar-refractivity contribution in [3.63, 3.8) is 0 Å². The summed E-state index contributed by atoms with van der Waals surface area (Å²) < 4.78 is 6.78. The highest BCUT2D eigenvalue weighted by Crippen LogP contribution is 2.33. The first-order valence-electron chi connectivity index (χ1n) is 5.06. The van der Waals surface area contributed by atoms with Crippen molar-refractivity contribution in [2.45, 2.75) is 6.23 Å². The van der Waals surface area contributed by atoms with Crippen molar-refractivity contribution in [3.8, 4) is 5.75 Å². The summed E-state index contributed by atoms with van der Waals surface area (Å²) in [4.78, 5) is 12.8. The molecular weight excluding hydrogens is 302 g/mol. The summed E-state index contributed by atoms with van der Waals surface area (Å²) in [5.41, 5.74) is 0.583. The van der Waals surface area contributed by atoms with Gasteiger partial charge in [-0.1, -0.05) is 12.1 Å². The second kappa shape index (κ2) is 4.16. The normalized spacial score (nSPS) is 18.2. The minimum absolute atomic E-state index is 0.0960. The molecule has 0 spiro atoms. The van der Waals surface area contributed by atoms with Crippen LogP contribution in [0.4, 0.5) is 0 Å². The van der Waals surface area contributed by atoms with E-state index in [0.717, 1.165) is 8.66 Å². The molecule has 1 aromatic heterocycles. The van der Waals surface area contributed by atoms with Gasteiger partial charge < -0.3 is 10.1 Å². The van der Waals surface area contributed by atoms with E-state index in [1.54, 1.807) is 17.4 Å². The highest BCUT2D eigenvalue weighted by atomic mass is 79.9. The molecule has 1 amide bonds. The van der Waals surface area contributed by atoms with Crippen LogP contribution in [0.2, 0.25) is 0 Å². The SMILES string of the molecule is O=C1N[C@H](c2ccc(Br)s2)Oc2ccccc21. The Morgan fingerprint density at radius 3 is 2.82 bits per heavy atom. The van der Waals surface area contributed by atoms with E-state index in [-0.39, 0.29) is 5.91 Å². The molecule has 2 aromatic rings. The first-order chi connectivity index (χ1) is 8.24. The fourth-order valence-electron chi connectivity index (χ4n) is 1.71. The van der Waals surface area contributed by atoms with Gasteiger partial charge in [0.05, 0.1) is 14.2 Å². The van der Waals surface area contributed by atoms with Crippen LogP contribution < -0.4 is 10.1 Å². The smallest absolute Gasteiger partial charge is 0.258 e. The molecule has 0 saturated heterocycles. The number of rotatable bonds is 1. The van der Waals surface area contributed by atoms with Gasteiger partial charge in [0.1, 0.15) is 5.75 Å². The van der Waals surface area contributed by atoms with Crippen LogP contribution in [0.3, 0.4) is 0 Å². The molecule has 0 saturated carbocycles. The van der Waals surface area contributed by atoms with E-state index in [0.29, 0.717) is 11.3 Å². The van der Waals surface area contributed by atoms with Crippen LogP contribution in [0.15, 0.2) is 40.2 Å². The van der Waals surface area contributed by atoms with E-state index in [1.165, 1.54) is 0 Å². The third-order valence-corrected chi connectivity index (χ3v) is 4.16. The van der Waals surface area contributed by atoms with Crippen molar-refractivity contribution in [3.05, 3.63) is 50.6 Å².